The number of aromatic nitrogens is 1. The van der Waals surface area contributed by atoms with E-state index in [0.29, 0.717) is 29.6 Å². The van der Waals surface area contributed by atoms with Crippen LogP contribution in [-0.4, -0.2) is 39.1 Å². The van der Waals surface area contributed by atoms with E-state index in [-0.39, 0.29) is 18.4 Å². The van der Waals surface area contributed by atoms with Gasteiger partial charge in [-0.05, 0) is 45.7 Å². The lowest BCUT2D eigenvalue weighted by Gasteiger charge is -2.33. The van der Waals surface area contributed by atoms with Crippen LogP contribution in [0.5, 0.6) is 0 Å². The third-order valence-corrected chi connectivity index (χ3v) is 4.33. The molecule has 23 heavy (non-hydrogen) atoms. The Balaban J connectivity index is 1.76. The third kappa shape index (κ3) is 3.17. The monoisotopic (exact) mass is 318 g/mol. The van der Waals surface area contributed by atoms with Gasteiger partial charge < -0.3 is 18.8 Å². The molecule has 3 heterocycles. The Bertz CT molecular complexity index is 682. The van der Waals surface area contributed by atoms with Gasteiger partial charge in [-0.3, -0.25) is 4.79 Å². The van der Waals surface area contributed by atoms with Gasteiger partial charge in [0.05, 0.1) is 30.0 Å². The first-order chi connectivity index (χ1) is 10.9. The maximum Gasteiger partial charge on any atom is 0.263 e. The second kappa shape index (κ2) is 5.85. The molecule has 1 fully saturated rings. The van der Waals surface area contributed by atoms with E-state index in [1.165, 1.54) is 0 Å². The zero-order chi connectivity index (χ0) is 16.6. The highest BCUT2D eigenvalue weighted by molar-refractivity contribution is 5.79. The van der Waals surface area contributed by atoms with E-state index in [9.17, 15) is 9.90 Å². The molecular formula is C17H22N2O4. The zero-order valence-corrected chi connectivity index (χ0v) is 13.7. The molecule has 1 N–H and O–H groups in total. The number of aliphatic hydroxyl groups is 1. The Labute approximate surface area is 135 Å². The SMILES string of the molecule is Cc1oc(-c2ccco2)nc1CC(=O)N1CCCC1C(C)(C)O. The van der Waals surface area contributed by atoms with Crippen molar-refractivity contribution in [3.05, 3.63) is 29.9 Å². The number of rotatable bonds is 4. The van der Waals surface area contributed by atoms with Crippen LogP contribution in [0.4, 0.5) is 0 Å². The van der Waals surface area contributed by atoms with Gasteiger partial charge in [-0.25, -0.2) is 4.98 Å². The van der Waals surface area contributed by atoms with Crippen LogP contribution in [-0.2, 0) is 11.2 Å². The van der Waals surface area contributed by atoms with Crippen LogP contribution in [0, 0.1) is 6.92 Å². The molecule has 2 aromatic heterocycles. The minimum absolute atomic E-state index is 0.0305. The number of carbonyl (C=O) groups is 1. The largest absolute Gasteiger partial charge is 0.459 e. The van der Waals surface area contributed by atoms with Crippen molar-refractivity contribution in [3.63, 3.8) is 0 Å². The summed E-state index contributed by atoms with van der Waals surface area (Å²) in [5.74, 6) is 1.51. The van der Waals surface area contributed by atoms with E-state index in [1.54, 1.807) is 44.1 Å². The maximum atomic E-state index is 12.6. The minimum Gasteiger partial charge on any atom is -0.459 e. The summed E-state index contributed by atoms with van der Waals surface area (Å²) in [5.41, 5.74) is -0.285. The van der Waals surface area contributed by atoms with Gasteiger partial charge in [-0.15, -0.1) is 0 Å². The molecule has 0 radical (unpaired) electrons. The fourth-order valence-corrected chi connectivity index (χ4v) is 3.14. The number of carbonyl (C=O) groups excluding carboxylic acids is 1. The van der Waals surface area contributed by atoms with Gasteiger partial charge in [0, 0.05) is 6.54 Å². The fourth-order valence-electron chi connectivity index (χ4n) is 3.14. The predicted octanol–water partition coefficient (Wildman–Crippen LogP) is 2.55. The summed E-state index contributed by atoms with van der Waals surface area (Å²) in [4.78, 5) is 18.8. The van der Waals surface area contributed by atoms with Crippen molar-refractivity contribution in [3.8, 4) is 11.7 Å². The second-order valence-corrected chi connectivity index (χ2v) is 6.57. The molecule has 6 nitrogen and oxygen atoms in total. The number of hydrogen-bond acceptors (Lipinski definition) is 5. The number of amides is 1. The van der Waals surface area contributed by atoms with Crippen LogP contribution in [0.25, 0.3) is 11.7 Å². The Kier molecular flexibility index (Phi) is 4.02. The zero-order valence-electron chi connectivity index (χ0n) is 13.7. The molecule has 0 bridgehead atoms. The summed E-state index contributed by atoms with van der Waals surface area (Å²) in [6, 6.07) is 3.38. The van der Waals surface area contributed by atoms with Crippen LogP contribution in [0.1, 0.15) is 38.1 Å². The molecule has 1 unspecified atom stereocenters. The Morgan fingerprint density at radius 2 is 2.30 bits per heavy atom. The molecule has 6 heteroatoms. The molecule has 0 spiro atoms. The van der Waals surface area contributed by atoms with Crippen molar-refractivity contribution in [2.24, 2.45) is 0 Å². The van der Waals surface area contributed by atoms with Crippen LogP contribution < -0.4 is 0 Å². The van der Waals surface area contributed by atoms with Gasteiger partial charge in [0.15, 0.2) is 5.76 Å². The lowest BCUT2D eigenvalue weighted by atomic mass is 9.96. The summed E-state index contributed by atoms with van der Waals surface area (Å²) < 4.78 is 10.9. The molecule has 124 valence electrons. The van der Waals surface area contributed by atoms with Crippen molar-refractivity contribution in [1.29, 1.82) is 0 Å². The van der Waals surface area contributed by atoms with Crippen LogP contribution >= 0.6 is 0 Å². The standard InChI is InChI=1S/C17H22N2O4/c1-11-12(18-16(23-11)13-6-5-9-22-13)10-15(20)19-8-4-7-14(19)17(2,3)21/h5-6,9,14,21H,4,7-8,10H2,1-3H3. The summed E-state index contributed by atoms with van der Waals surface area (Å²) in [5, 5.41) is 10.2. The number of likely N-dealkylation sites (tertiary alicyclic amines) is 1. The van der Waals surface area contributed by atoms with Crippen molar-refractivity contribution >= 4 is 5.91 Å². The van der Waals surface area contributed by atoms with E-state index in [1.807, 2.05) is 0 Å². The second-order valence-electron chi connectivity index (χ2n) is 6.57. The smallest absolute Gasteiger partial charge is 0.263 e. The summed E-state index contributed by atoms with van der Waals surface area (Å²) in [6.45, 7) is 5.97. The molecule has 1 saturated heterocycles. The first-order valence-electron chi connectivity index (χ1n) is 7.88. The van der Waals surface area contributed by atoms with Gasteiger partial charge in [0.2, 0.25) is 5.91 Å². The fraction of sp³-hybridized carbons (Fsp3) is 0.529. The van der Waals surface area contributed by atoms with Crippen LogP contribution in [0.15, 0.2) is 27.2 Å². The van der Waals surface area contributed by atoms with Crippen molar-refractivity contribution < 1.29 is 18.7 Å². The summed E-state index contributed by atoms with van der Waals surface area (Å²) in [7, 11) is 0. The molecule has 1 aliphatic rings. The summed E-state index contributed by atoms with van der Waals surface area (Å²) >= 11 is 0. The highest BCUT2D eigenvalue weighted by Crippen LogP contribution is 2.28. The Morgan fingerprint density at radius 1 is 1.52 bits per heavy atom. The first-order valence-corrected chi connectivity index (χ1v) is 7.88. The van der Waals surface area contributed by atoms with E-state index < -0.39 is 5.60 Å². The van der Waals surface area contributed by atoms with E-state index in [2.05, 4.69) is 4.98 Å². The Hall–Kier alpha value is -2.08. The van der Waals surface area contributed by atoms with E-state index in [4.69, 9.17) is 8.83 Å². The van der Waals surface area contributed by atoms with Crippen molar-refractivity contribution in [2.45, 2.75) is 51.7 Å². The molecular weight excluding hydrogens is 296 g/mol. The average Bonchev–Trinajstić information content (AvgIpc) is 3.17. The van der Waals surface area contributed by atoms with Crippen molar-refractivity contribution in [1.82, 2.24) is 9.88 Å². The van der Waals surface area contributed by atoms with Gasteiger partial charge in [-0.1, -0.05) is 0 Å². The molecule has 0 aliphatic carbocycles. The molecule has 1 atom stereocenters. The maximum absolute atomic E-state index is 12.6. The number of hydrogen-bond donors (Lipinski definition) is 1. The quantitative estimate of drug-likeness (QED) is 0.937. The summed E-state index contributed by atoms with van der Waals surface area (Å²) in [6.07, 6.45) is 3.46. The molecule has 0 saturated carbocycles. The molecule has 1 amide bonds. The van der Waals surface area contributed by atoms with Gasteiger partial charge in [-0.2, -0.15) is 0 Å². The predicted molar refractivity (Wildman–Crippen MR) is 83.7 cm³/mol. The van der Waals surface area contributed by atoms with E-state index >= 15 is 0 Å². The minimum atomic E-state index is -0.898. The molecule has 2 aromatic rings. The normalized spacial score (nSPS) is 18.6. The third-order valence-electron chi connectivity index (χ3n) is 4.33. The lowest BCUT2D eigenvalue weighted by molar-refractivity contribution is -0.135. The van der Waals surface area contributed by atoms with Gasteiger partial charge in [0.1, 0.15) is 5.76 Å². The van der Waals surface area contributed by atoms with Gasteiger partial charge >= 0.3 is 0 Å². The van der Waals surface area contributed by atoms with Crippen molar-refractivity contribution in [2.75, 3.05) is 6.54 Å². The Morgan fingerprint density at radius 3 is 2.96 bits per heavy atom. The molecule has 0 aromatic carbocycles. The number of nitrogens with zero attached hydrogens (tertiary/aromatic N) is 2. The molecule has 3 rings (SSSR count). The highest BCUT2D eigenvalue weighted by atomic mass is 16.4. The topological polar surface area (TPSA) is 79.7 Å². The molecule has 1 aliphatic heterocycles. The first kappa shape index (κ1) is 15.8. The lowest BCUT2D eigenvalue weighted by Crippen LogP contribution is -2.48. The number of furan rings is 1. The highest BCUT2D eigenvalue weighted by Gasteiger charge is 2.38. The number of aryl methyl sites for hydroxylation is 1. The number of oxazole rings is 1. The average molecular weight is 318 g/mol. The van der Waals surface area contributed by atoms with Crippen LogP contribution in [0.3, 0.4) is 0 Å². The van der Waals surface area contributed by atoms with Gasteiger partial charge in [0.25, 0.3) is 5.89 Å². The van der Waals surface area contributed by atoms with Crippen LogP contribution in [0.2, 0.25) is 0 Å². The van der Waals surface area contributed by atoms with E-state index in [0.717, 1.165) is 12.8 Å².